The largest absolute Gasteiger partial charge is 0.413 e. The van der Waals surface area contributed by atoms with Gasteiger partial charge in [0.2, 0.25) is 0 Å². The van der Waals surface area contributed by atoms with Gasteiger partial charge >= 0.3 is 25.7 Å². The van der Waals surface area contributed by atoms with Crippen LogP contribution in [0.4, 0.5) is 0 Å². The molecule has 198 valence electrons. The van der Waals surface area contributed by atoms with Crippen molar-refractivity contribution in [3.63, 3.8) is 0 Å². The summed E-state index contributed by atoms with van der Waals surface area (Å²) < 4.78 is 39.2. The Bertz CT molecular complexity index is 447. The number of methoxy groups -OCH3 is 3. The second kappa shape index (κ2) is 15.5. The first kappa shape index (κ1) is 31.4. The van der Waals surface area contributed by atoms with Crippen LogP contribution in [0.25, 0.3) is 0 Å². The maximum atomic E-state index is 7.01. The fraction of sp³-hybridized carbons (Fsp3) is 1.00. The molecule has 3 unspecified atom stereocenters. The van der Waals surface area contributed by atoms with E-state index in [0.717, 1.165) is 38.5 Å². The van der Waals surface area contributed by atoms with E-state index in [2.05, 4.69) is 40.4 Å². The van der Waals surface area contributed by atoms with Crippen molar-refractivity contribution in [1.82, 2.24) is 0 Å². The first-order chi connectivity index (χ1) is 15.7. The topological polar surface area (TPSA) is 55.4 Å². The molecule has 1 heterocycles. The van der Waals surface area contributed by atoms with E-state index in [0.29, 0.717) is 0 Å². The van der Waals surface area contributed by atoms with E-state index < -0.39 is 25.7 Å². The summed E-state index contributed by atoms with van der Waals surface area (Å²) in [7, 11) is -2.76. The summed E-state index contributed by atoms with van der Waals surface area (Å²) in [5, 5.41) is 0. The summed E-state index contributed by atoms with van der Waals surface area (Å²) in [6.45, 7) is 13.3. The molecule has 1 aliphatic heterocycles. The SMILES string of the molecule is CCCCCC(OC)[Si]1(C)O[Si](C)(C(CCCCC)OC)O[Si](C)(C(CCCCC)OC)O1. The molecule has 1 fully saturated rings. The third-order valence-corrected chi connectivity index (χ3v) is 21.8. The van der Waals surface area contributed by atoms with Crippen molar-refractivity contribution in [2.45, 2.75) is 135 Å². The number of unbranched alkanes of at least 4 members (excludes halogenated alkanes) is 6. The highest BCUT2D eigenvalue weighted by Crippen LogP contribution is 2.40. The minimum Gasteiger partial charge on any atom is -0.413 e. The molecular weight excluding hydrogens is 469 g/mol. The van der Waals surface area contributed by atoms with Gasteiger partial charge in [-0.2, -0.15) is 0 Å². The fourth-order valence-corrected chi connectivity index (χ4v) is 23.1. The second-order valence-corrected chi connectivity index (χ2v) is 20.5. The summed E-state index contributed by atoms with van der Waals surface area (Å²) in [5.74, 6) is 0. The standard InChI is InChI=1S/C24H54O6Si3/c1-10-13-16-19-22(25-4)31(7)28-32(8,23(26-5)20-17-14-11-2)30-33(9,29-31)24(27-6)21-18-15-12-3/h22-24H,10-21H2,1-9H3. The smallest absolute Gasteiger partial charge is 0.347 e. The third kappa shape index (κ3) is 9.09. The van der Waals surface area contributed by atoms with Crippen LogP contribution in [0, 0.1) is 0 Å². The van der Waals surface area contributed by atoms with Crippen LogP contribution in [0.3, 0.4) is 0 Å². The molecule has 1 rings (SSSR count). The van der Waals surface area contributed by atoms with Gasteiger partial charge in [-0.15, -0.1) is 0 Å². The van der Waals surface area contributed by atoms with Crippen molar-refractivity contribution in [3.8, 4) is 0 Å². The maximum absolute atomic E-state index is 7.01. The highest BCUT2D eigenvalue weighted by Gasteiger charge is 2.64. The zero-order valence-corrected chi connectivity index (χ0v) is 26.2. The van der Waals surface area contributed by atoms with Crippen molar-refractivity contribution in [3.05, 3.63) is 0 Å². The molecule has 0 aromatic carbocycles. The monoisotopic (exact) mass is 522 g/mol. The first-order valence-electron chi connectivity index (χ1n) is 13.4. The molecule has 0 N–H and O–H groups in total. The molecule has 1 aliphatic rings. The Balaban J connectivity index is 3.30. The lowest BCUT2D eigenvalue weighted by molar-refractivity contribution is 0.0473. The van der Waals surface area contributed by atoms with Gasteiger partial charge in [-0.3, -0.25) is 0 Å². The van der Waals surface area contributed by atoms with E-state index in [4.69, 9.17) is 26.6 Å². The molecule has 0 amide bonds. The number of hydrogen-bond donors (Lipinski definition) is 0. The minimum absolute atomic E-state index is 0.0205. The van der Waals surface area contributed by atoms with Gasteiger partial charge in [0.05, 0.1) is 17.2 Å². The van der Waals surface area contributed by atoms with Gasteiger partial charge in [-0.05, 0) is 38.9 Å². The highest BCUT2D eigenvalue weighted by atomic mass is 28.5. The highest BCUT2D eigenvalue weighted by molar-refractivity contribution is 6.94. The Morgan fingerprint density at radius 2 is 0.727 bits per heavy atom. The summed E-state index contributed by atoms with van der Waals surface area (Å²) in [4.78, 5) is 0. The Labute approximate surface area is 208 Å². The van der Waals surface area contributed by atoms with Crippen LogP contribution in [-0.2, 0) is 26.6 Å². The predicted octanol–water partition coefficient (Wildman–Crippen LogP) is 6.67. The normalized spacial score (nSPS) is 30.8. The molecule has 0 radical (unpaired) electrons. The van der Waals surface area contributed by atoms with Gasteiger partial charge in [0.1, 0.15) is 0 Å². The van der Waals surface area contributed by atoms with Crippen LogP contribution >= 0.6 is 0 Å². The second-order valence-electron chi connectivity index (χ2n) is 10.0. The van der Waals surface area contributed by atoms with Gasteiger partial charge in [0, 0.05) is 21.3 Å². The number of ether oxygens (including phenoxy) is 3. The molecule has 1 saturated heterocycles. The summed E-state index contributed by atoms with van der Waals surface area (Å²) >= 11 is 0. The fourth-order valence-electron chi connectivity index (χ4n) is 5.19. The van der Waals surface area contributed by atoms with E-state index in [1.54, 1.807) is 21.3 Å². The lowest BCUT2D eigenvalue weighted by Gasteiger charge is -2.55. The molecule has 3 atom stereocenters. The predicted molar refractivity (Wildman–Crippen MR) is 143 cm³/mol. The molecule has 0 spiro atoms. The number of hydrogen-bond acceptors (Lipinski definition) is 6. The molecule has 9 heteroatoms. The van der Waals surface area contributed by atoms with E-state index in [1.807, 2.05) is 0 Å². The Hall–Kier alpha value is 0.411. The van der Waals surface area contributed by atoms with Crippen LogP contribution in [0.15, 0.2) is 0 Å². The van der Waals surface area contributed by atoms with Crippen molar-refractivity contribution < 1.29 is 26.6 Å². The number of rotatable bonds is 18. The maximum Gasteiger partial charge on any atom is 0.347 e. The average Bonchev–Trinajstić information content (AvgIpc) is 2.76. The zero-order valence-electron chi connectivity index (χ0n) is 23.2. The molecule has 6 nitrogen and oxygen atoms in total. The average molecular weight is 523 g/mol. The summed E-state index contributed by atoms with van der Waals surface area (Å²) in [5.41, 5.74) is -0.0614. The Morgan fingerprint density at radius 3 is 0.909 bits per heavy atom. The van der Waals surface area contributed by atoms with Gasteiger partial charge in [0.25, 0.3) is 0 Å². The van der Waals surface area contributed by atoms with Crippen LogP contribution in [0.1, 0.15) is 97.8 Å². The van der Waals surface area contributed by atoms with E-state index >= 15 is 0 Å². The zero-order chi connectivity index (χ0) is 25.0. The van der Waals surface area contributed by atoms with E-state index in [-0.39, 0.29) is 17.2 Å². The molecule has 0 saturated carbocycles. The van der Waals surface area contributed by atoms with Gasteiger partial charge < -0.3 is 26.6 Å². The lowest BCUT2D eigenvalue weighted by Crippen LogP contribution is -2.77. The van der Waals surface area contributed by atoms with Gasteiger partial charge in [0.15, 0.2) is 0 Å². The Morgan fingerprint density at radius 1 is 0.485 bits per heavy atom. The van der Waals surface area contributed by atoms with Crippen molar-refractivity contribution >= 4 is 25.7 Å². The molecule has 0 aromatic heterocycles. The van der Waals surface area contributed by atoms with Crippen LogP contribution in [0.2, 0.25) is 19.6 Å². The Kier molecular flexibility index (Phi) is 14.8. The molecule has 33 heavy (non-hydrogen) atoms. The third-order valence-electron chi connectivity index (χ3n) is 7.03. The van der Waals surface area contributed by atoms with Crippen LogP contribution < -0.4 is 0 Å². The van der Waals surface area contributed by atoms with Crippen LogP contribution in [-0.4, -0.2) is 64.2 Å². The lowest BCUT2D eigenvalue weighted by atomic mass is 10.2. The molecule has 0 bridgehead atoms. The van der Waals surface area contributed by atoms with E-state index in [1.165, 1.54) is 38.5 Å². The first-order valence-corrected chi connectivity index (χ1v) is 20.6. The van der Waals surface area contributed by atoms with Gasteiger partial charge in [-0.1, -0.05) is 78.6 Å². The molecular formula is C24H54O6Si3. The van der Waals surface area contributed by atoms with Gasteiger partial charge in [-0.25, -0.2) is 0 Å². The quantitative estimate of drug-likeness (QED) is 0.148. The van der Waals surface area contributed by atoms with Crippen LogP contribution in [0.5, 0.6) is 0 Å². The molecule has 0 aromatic rings. The molecule has 0 aliphatic carbocycles. The summed E-state index contributed by atoms with van der Waals surface area (Å²) in [6.07, 6.45) is 13.4. The van der Waals surface area contributed by atoms with Crippen molar-refractivity contribution in [1.29, 1.82) is 0 Å². The summed E-state index contributed by atoms with van der Waals surface area (Å²) in [6, 6.07) is 0. The minimum atomic E-state index is -2.72. The van der Waals surface area contributed by atoms with Crippen molar-refractivity contribution in [2.24, 2.45) is 0 Å². The van der Waals surface area contributed by atoms with Crippen molar-refractivity contribution in [2.75, 3.05) is 21.3 Å². The van der Waals surface area contributed by atoms with E-state index in [9.17, 15) is 0 Å².